The van der Waals surface area contributed by atoms with E-state index in [1.54, 1.807) is 0 Å². The van der Waals surface area contributed by atoms with E-state index in [0.717, 1.165) is 11.8 Å². The average Bonchev–Trinajstić information content (AvgIpc) is 2.87. The monoisotopic (exact) mass is 522 g/mol. The second-order valence-electron chi connectivity index (χ2n) is 13.3. The van der Waals surface area contributed by atoms with Gasteiger partial charge in [0.2, 0.25) is 0 Å². The van der Waals surface area contributed by atoms with Gasteiger partial charge in [-0.25, -0.2) is 0 Å². The van der Waals surface area contributed by atoms with Crippen LogP contribution in [0, 0.1) is 11.8 Å². The van der Waals surface area contributed by atoms with Gasteiger partial charge in [0.25, 0.3) is 0 Å². The Bertz CT molecular complexity index is 352. The number of nitrogens with one attached hydrogen (secondary N) is 1. The molecule has 0 atom stereocenters. The maximum absolute atomic E-state index is 3.68. The Labute approximate surface area is 237 Å². The van der Waals surface area contributed by atoms with Gasteiger partial charge in [0, 0.05) is 0 Å². The fraction of sp³-hybridized carbons (Fsp3) is 1.00. The van der Waals surface area contributed by atoms with Crippen LogP contribution in [0.4, 0.5) is 0 Å². The van der Waals surface area contributed by atoms with E-state index in [-0.39, 0.29) is 0 Å². The lowest BCUT2D eigenvalue weighted by atomic mass is 10.0. The third-order valence-electron chi connectivity index (χ3n) is 8.27. The Morgan fingerprint density at radius 2 is 0.459 bits per heavy atom. The van der Waals surface area contributed by atoms with Crippen LogP contribution in [0.25, 0.3) is 0 Å². The summed E-state index contributed by atoms with van der Waals surface area (Å²) in [6.07, 6.45) is 40.8. The van der Waals surface area contributed by atoms with E-state index >= 15 is 0 Å². The Balaban J connectivity index is 3.02. The molecule has 0 rings (SSSR count). The average molecular weight is 522 g/mol. The zero-order valence-electron chi connectivity index (χ0n) is 26.9. The highest BCUT2D eigenvalue weighted by Gasteiger charge is 1.98. The highest BCUT2D eigenvalue weighted by Crippen LogP contribution is 2.15. The molecule has 0 radical (unpaired) electrons. The molecule has 0 unspecified atom stereocenters. The SMILES string of the molecule is CC(C)CCCCCCCCCCCCCCCNCCCCCCCCCCCCCCCC(C)C. The maximum atomic E-state index is 3.68. The van der Waals surface area contributed by atoms with Gasteiger partial charge < -0.3 is 5.32 Å². The number of rotatable bonds is 32. The van der Waals surface area contributed by atoms with E-state index in [9.17, 15) is 0 Å². The highest BCUT2D eigenvalue weighted by atomic mass is 14.8. The van der Waals surface area contributed by atoms with Crippen LogP contribution in [0.5, 0.6) is 0 Å². The summed E-state index contributed by atoms with van der Waals surface area (Å²) in [7, 11) is 0. The molecule has 0 aliphatic rings. The first-order chi connectivity index (χ1) is 18.1. The van der Waals surface area contributed by atoms with Crippen molar-refractivity contribution in [2.24, 2.45) is 11.8 Å². The van der Waals surface area contributed by atoms with E-state index in [4.69, 9.17) is 0 Å². The van der Waals surface area contributed by atoms with Crippen molar-refractivity contribution in [1.29, 1.82) is 0 Å². The van der Waals surface area contributed by atoms with Crippen LogP contribution < -0.4 is 5.32 Å². The van der Waals surface area contributed by atoms with Crippen LogP contribution in [-0.4, -0.2) is 13.1 Å². The molecule has 0 fully saturated rings. The van der Waals surface area contributed by atoms with Gasteiger partial charge in [-0.1, -0.05) is 195 Å². The predicted octanol–water partition coefficient (Wildman–Crippen LogP) is 12.8. The quantitative estimate of drug-likeness (QED) is 0.0868. The van der Waals surface area contributed by atoms with E-state index < -0.39 is 0 Å². The Morgan fingerprint density at radius 3 is 0.676 bits per heavy atom. The molecular formula is C36H75N. The standard InChI is InChI=1S/C36H75N/c1-35(2)31-27-23-19-15-11-7-5-9-13-17-21-25-29-33-37-34-30-26-22-18-14-10-6-8-12-16-20-24-28-32-36(3)4/h35-37H,5-34H2,1-4H3. The third-order valence-corrected chi connectivity index (χ3v) is 8.27. The molecule has 0 bridgehead atoms. The second kappa shape index (κ2) is 32.2. The summed E-state index contributed by atoms with van der Waals surface area (Å²) in [5.41, 5.74) is 0. The van der Waals surface area contributed by atoms with Gasteiger partial charge in [-0.2, -0.15) is 0 Å². The predicted molar refractivity (Wildman–Crippen MR) is 172 cm³/mol. The molecule has 0 saturated carbocycles. The topological polar surface area (TPSA) is 12.0 Å². The molecule has 0 aromatic carbocycles. The van der Waals surface area contributed by atoms with Crippen molar-refractivity contribution >= 4 is 0 Å². The lowest BCUT2D eigenvalue weighted by Crippen LogP contribution is -2.16. The van der Waals surface area contributed by atoms with Crippen molar-refractivity contribution in [2.45, 2.75) is 207 Å². The van der Waals surface area contributed by atoms with E-state index in [0.29, 0.717) is 0 Å². The summed E-state index contributed by atoms with van der Waals surface area (Å²) >= 11 is 0. The van der Waals surface area contributed by atoms with Gasteiger partial charge in [0.1, 0.15) is 0 Å². The molecular weight excluding hydrogens is 446 g/mol. The highest BCUT2D eigenvalue weighted by molar-refractivity contribution is 4.54. The molecule has 1 nitrogen and oxygen atoms in total. The van der Waals surface area contributed by atoms with Crippen molar-refractivity contribution in [1.82, 2.24) is 5.32 Å². The Hall–Kier alpha value is -0.0400. The summed E-state index contributed by atoms with van der Waals surface area (Å²) < 4.78 is 0. The molecule has 37 heavy (non-hydrogen) atoms. The van der Waals surface area contributed by atoms with E-state index in [2.05, 4.69) is 33.0 Å². The minimum absolute atomic E-state index is 0.893. The summed E-state index contributed by atoms with van der Waals surface area (Å²) in [6.45, 7) is 11.9. The van der Waals surface area contributed by atoms with Crippen LogP contribution in [0.15, 0.2) is 0 Å². The first-order valence-electron chi connectivity index (χ1n) is 17.8. The van der Waals surface area contributed by atoms with Crippen LogP contribution in [0.1, 0.15) is 207 Å². The van der Waals surface area contributed by atoms with Gasteiger partial charge in [-0.15, -0.1) is 0 Å². The summed E-state index contributed by atoms with van der Waals surface area (Å²) in [6, 6.07) is 0. The van der Waals surface area contributed by atoms with Gasteiger partial charge >= 0.3 is 0 Å². The van der Waals surface area contributed by atoms with Gasteiger partial charge in [0.15, 0.2) is 0 Å². The van der Waals surface area contributed by atoms with Gasteiger partial charge in [-0.05, 0) is 37.8 Å². The molecule has 0 aromatic rings. The van der Waals surface area contributed by atoms with Gasteiger partial charge in [-0.3, -0.25) is 0 Å². The lowest BCUT2D eigenvalue weighted by molar-refractivity contribution is 0.500. The molecule has 0 amide bonds. The van der Waals surface area contributed by atoms with Crippen LogP contribution in [0.2, 0.25) is 0 Å². The number of unbranched alkanes of at least 4 members (excludes halogenated alkanes) is 24. The lowest BCUT2D eigenvalue weighted by Gasteiger charge is -2.06. The van der Waals surface area contributed by atoms with Crippen molar-refractivity contribution in [3.63, 3.8) is 0 Å². The minimum atomic E-state index is 0.893. The van der Waals surface area contributed by atoms with Crippen LogP contribution in [0.3, 0.4) is 0 Å². The smallest absolute Gasteiger partial charge is 0.00489 e. The second-order valence-corrected chi connectivity index (χ2v) is 13.3. The molecule has 0 aliphatic heterocycles. The molecule has 0 aromatic heterocycles. The molecule has 224 valence electrons. The molecule has 0 saturated heterocycles. The Morgan fingerprint density at radius 1 is 0.270 bits per heavy atom. The maximum Gasteiger partial charge on any atom is -0.00489 e. The van der Waals surface area contributed by atoms with Crippen LogP contribution >= 0.6 is 0 Å². The minimum Gasteiger partial charge on any atom is -0.317 e. The molecule has 0 heterocycles. The molecule has 1 heteroatoms. The molecule has 0 aliphatic carbocycles. The summed E-state index contributed by atoms with van der Waals surface area (Å²) in [4.78, 5) is 0. The third kappa shape index (κ3) is 36.0. The van der Waals surface area contributed by atoms with Crippen LogP contribution in [-0.2, 0) is 0 Å². The van der Waals surface area contributed by atoms with Crippen molar-refractivity contribution in [2.75, 3.05) is 13.1 Å². The largest absolute Gasteiger partial charge is 0.317 e. The summed E-state index contributed by atoms with van der Waals surface area (Å²) in [5, 5.41) is 3.68. The first kappa shape index (κ1) is 37.0. The zero-order valence-corrected chi connectivity index (χ0v) is 26.9. The van der Waals surface area contributed by atoms with Crippen molar-refractivity contribution in [3.05, 3.63) is 0 Å². The number of hydrogen-bond acceptors (Lipinski definition) is 1. The van der Waals surface area contributed by atoms with E-state index in [1.165, 1.54) is 193 Å². The van der Waals surface area contributed by atoms with Crippen molar-refractivity contribution in [3.8, 4) is 0 Å². The number of hydrogen-bond donors (Lipinski definition) is 1. The normalized spacial score (nSPS) is 11.8. The van der Waals surface area contributed by atoms with Gasteiger partial charge in [0.05, 0.1) is 0 Å². The zero-order chi connectivity index (χ0) is 27.1. The fourth-order valence-corrected chi connectivity index (χ4v) is 5.62. The Kier molecular flexibility index (Phi) is 32.1. The van der Waals surface area contributed by atoms with E-state index in [1.807, 2.05) is 0 Å². The molecule has 0 spiro atoms. The van der Waals surface area contributed by atoms with Crippen molar-refractivity contribution < 1.29 is 0 Å². The molecule has 1 N–H and O–H groups in total. The first-order valence-corrected chi connectivity index (χ1v) is 17.8. The fourth-order valence-electron chi connectivity index (χ4n) is 5.62. The summed E-state index contributed by atoms with van der Waals surface area (Å²) in [5.74, 6) is 1.79.